The van der Waals surface area contributed by atoms with Crippen LogP contribution < -0.4 is 4.72 Å². The van der Waals surface area contributed by atoms with Crippen molar-refractivity contribution in [2.45, 2.75) is 69.4 Å². The smallest absolute Gasteiger partial charge is 0.227 e. The zero-order chi connectivity index (χ0) is 20.1. The third-order valence-corrected chi connectivity index (χ3v) is 6.76. The average molecular weight is 409 g/mol. The quantitative estimate of drug-likeness (QED) is 0.782. The van der Waals surface area contributed by atoms with Gasteiger partial charge in [0, 0.05) is 19.1 Å². The van der Waals surface area contributed by atoms with Gasteiger partial charge in [-0.05, 0) is 62.0 Å². The molecule has 2 aliphatic rings. The van der Waals surface area contributed by atoms with Gasteiger partial charge in [0.2, 0.25) is 15.9 Å². The van der Waals surface area contributed by atoms with Gasteiger partial charge in [0.15, 0.2) is 0 Å². The van der Waals surface area contributed by atoms with Crippen LogP contribution in [-0.4, -0.2) is 55.8 Å². The molecule has 1 heterocycles. The lowest BCUT2D eigenvalue weighted by Crippen LogP contribution is -2.36. The molecule has 1 saturated heterocycles. The summed E-state index contributed by atoms with van der Waals surface area (Å²) in [7, 11) is -3.22. The van der Waals surface area contributed by atoms with E-state index < -0.39 is 10.0 Å². The summed E-state index contributed by atoms with van der Waals surface area (Å²) in [5.74, 6) is 0.531. The summed E-state index contributed by atoms with van der Waals surface area (Å²) < 4.78 is 25.6. The zero-order valence-corrected chi connectivity index (χ0v) is 17.5. The number of likely N-dealkylation sites (tertiary alicyclic amines) is 1. The second kappa shape index (κ2) is 9.37. The molecule has 6 nitrogen and oxygen atoms in total. The van der Waals surface area contributed by atoms with Gasteiger partial charge in [0.05, 0.1) is 18.8 Å². The number of sulfonamides is 1. The van der Waals surface area contributed by atoms with E-state index in [1.165, 1.54) is 11.8 Å². The number of aliphatic hydroxyl groups excluding tert-OH is 1. The second-order valence-corrected chi connectivity index (χ2v) is 10.1. The third-order valence-electron chi connectivity index (χ3n) is 5.99. The van der Waals surface area contributed by atoms with Crippen LogP contribution in [0.3, 0.4) is 0 Å². The number of aliphatic hydroxyl groups is 1. The molecule has 1 aromatic rings. The van der Waals surface area contributed by atoms with E-state index >= 15 is 0 Å². The van der Waals surface area contributed by atoms with Crippen molar-refractivity contribution in [2.24, 2.45) is 0 Å². The first-order valence-corrected chi connectivity index (χ1v) is 12.2. The van der Waals surface area contributed by atoms with Gasteiger partial charge in [-0.1, -0.05) is 24.3 Å². The summed E-state index contributed by atoms with van der Waals surface area (Å²) >= 11 is 0. The fourth-order valence-electron chi connectivity index (χ4n) is 4.52. The summed E-state index contributed by atoms with van der Waals surface area (Å²) in [6, 6.07) is 8.09. The van der Waals surface area contributed by atoms with Crippen LogP contribution in [0, 0.1) is 0 Å². The lowest BCUT2D eigenvalue weighted by molar-refractivity contribution is -0.130. The molecule has 1 unspecified atom stereocenters. The molecule has 1 amide bonds. The van der Waals surface area contributed by atoms with Gasteiger partial charge in [-0.2, -0.15) is 0 Å². The van der Waals surface area contributed by atoms with Crippen LogP contribution in [0.25, 0.3) is 0 Å². The number of hydrogen-bond donors (Lipinski definition) is 2. The number of hydrogen-bond acceptors (Lipinski definition) is 4. The molecule has 2 fully saturated rings. The van der Waals surface area contributed by atoms with Crippen LogP contribution in [0.15, 0.2) is 24.3 Å². The Hall–Kier alpha value is -1.44. The molecule has 1 aromatic carbocycles. The first-order chi connectivity index (χ1) is 13.3. The molecular formula is C21H32N2O4S. The van der Waals surface area contributed by atoms with Crippen molar-refractivity contribution in [3.63, 3.8) is 0 Å². The molecule has 28 heavy (non-hydrogen) atoms. The van der Waals surface area contributed by atoms with Gasteiger partial charge >= 0.3 is 0 Å². The second-order valence-electron chi connectivity index (χ2n) is 8.28. The molecule has 0 radical (unpaired) electrons. The minimum absolute atomic E-state index is 0.0891. The molecule has 0 bridgehead atoms. The predicted molar refractivity (Wildman–Crippen MR) is 110 cm³/mol. The highest BCUT2D eigenvalue weighted by molar-refractivity contribution is 7.88. The highest BCUT2D eigenvalue weighted by Crippen LogP contribution is 2.34. The maximum atomic E-state index is 12.9. The Morgan fingerprint density at radius 1 is 1.11 bits per heavy atom. The molecule has 1 atom stereocenters. The standard InChI is InChI=1S/C21H32N2O4S/c1-28(26,27)22-18-6-4-13-23(14-12-18)21(25)15-17-5-2-3-7-20(17)16-8-10-19(24)11-9-16/h2-3,5,7,16,18-19,22,24H,4,6,8-15H2,1H3. The van der Waals surface area contributed by atoms with E-state index in [0.717, 1.165) is 44.1 Å². The Kier molecular flexibility index (Phi) is 7.12. The van der Waals surface area contributed by atoms with Crippen molar-refractivity contribution >= 4 is 15.9 Å². The molecule has 7 heteroatoms. The maximum Gasteiger partial charge on any atom is 0.227 e. The van der Waals surface area contributed by atoms with Crippen molar-refractivity contribution in [2.75, 3.05) is 19.3 Å². The highest BCUT2D eigenvalue weighted by atomic mass is 32.2. The van der Waals surface area contributed by atoms with E-state index in [1.54, 1.807) is 0 Å². The zero-order valence-electron chi connectivity index (χ0n) is 16.6. The molecule has 2 N–H and O–H groups in total. The Morgan fingerprint density at radius 2 is 1.82 bits per heavy atom. The maximum absolute atomic E-state index is 12.9. The SMILES string of the molecule is CS(=O)(=O)NC1CCCN(C(=O)Cc2ccccc2C2CCC(O)CC2)CC1. The van der Waals surface area contributed by atoms with E-state index in [4.69, 9.17) is 0 Å². The highest BCUT2D eigenvalue weighted by Gasteiger charge is 2.25. The molecule has 1 aliphatic carbocycles. The number of amides is 1. The van der Waals surface area contributed by atoms with E-state index in [0.29, 0.717) is 31.8 Å². The summed E-state index contributed by atoms with van der Waals surface area (Å²) in [4.78, 5) is 14.8. The Balaban J connectivity index is 1.62. The number of benzene rings is 1. The Labute approximate surface area is 168 Å². The van der Waals surface area contributed by atoms with Crippen molar-refractivity contribution < 1.29 is 18.3 Å². The molecule has 0 aromatic heterocycles. The van der Waals surface area contributed by atoms with E-state index in [9.17, 15) is 18.3 Å². The number of carbonyl (C=O) groups is 1. The number of nitrogens with one attached hydrogen (secondary N) is 1. The third kappa shape index (κ3) is 6.03. The molecule has 156 valence electrons. The largest absolute Gasteiger partial charge is 0.393 e. The van der Waals surface area contributed by atoms with Gasteiger partial charge in [-0.15, -0.1) is 0 Å². The van der Waals surface area contributed by atoms with Gasteiger partial charge in [0.1, 0.15) is 0 Å². The molecular weight excluding hydrogens is 376 g/mol. The number of nitrogens with zero attached hydrogens (tertiary/aromatic N) is 1. The summed E-state index contributed by atoms with van der Waals surface area (Å²) in [6.45, 7) is 1.27. The number of rotatable bonds is 5. The topological polar surface area (TPSA) is 86.7 Å². The predicted octanol–water partition coefficient (Wildman–Crippen LogP) is 2.18. The van der Waals surface area contributed by atoms with Crippen molar-refractivity contribution in [3.8, 4) is 0 Å². The fourth-order valence-corrected chi connectivity index (χ4v) is 5.36. The van der Waals surface area contributed by atoms with E-state index in [2.05, 4.69) is 10.8 Å². The molecule has 0 spiro atoms. The van der Waals surface area contributed by atoms with Crippen molar-refractivity contribution in [3.05, 3.63) is 35.4 Å². The average Bonchev–Trinajstić information content (AvgIpc) is 2.87. The van der Waals surface area contributed by atoms with Crippen LogP contribution in [0.1, 0.15) is 62.0 Å². The molecule has 3 rings (SSSR count). The fraction of sp³-hybridized carbons (Fsp3) is 0.667. The normalized spacial score (nSPS) is 26.6. The van der Waals surface area contributed by atoms with Crippen molar-refractivity contribution in [1.82, 2.24) is 9.62 Å². The van der Waals surface area contributed by atoms with E-state index in [1.807, 2.05) is 23.1 Å². The number of carbonyl (C=O) groups excluding carboxylic acids is 1. The summed E-state index contributed by atoms with van der Waals surface area (Å²) in [5.41, 5.74) is 2.33. The lowest BCUT2D eigenvalue weighted by atomic mass is 9.80. The van der Waals surface area contributed by atoms with Crippen molar-refractivity contribution in [1.29, 1.82) is 0 Å². The Bertz CT molecular complexity index is 772. The lowest BCUT2D eigenvalue weighted by Gasteiger charge is -2.28. The monoisotopic (exact) mass is 408 g/mol. The van der Waals surface area contributed by atoms with Gasteiger partial charge in [-0.25, -0.2) is 13.1 Å². The molecule has 1 aliphatic heterocycles. The van der Waals surface area contributed by atoms with Gasteiger partial charge in [0.25, 0.3) is 0 Å². The van der Waals surface area contributed by atoms with Crippen LogP contribution in [0.2, 0.25) is 0 Å². The molecule has 1 saturated carbocycles. The van der Waals surface area contributed by atoms with Gasteiger partial charge < -0.3 is 10.0 Å². The first-order valence-electron chi connectivity index (χ1n) is 10.3. The minimum atomic E-state index is -3.22. The first kappa shape index (κ1) is 21.3. The summed E-state index contributed by atoms with van der Waals surface area (Å²) in [6.07, 6.45) is 7.20. The minimum Gasteiger partial charge on any atom is -0.393 e. The summed E-state index contributed by atoms with van der Waals surface area (Å²) in [5, 5.41) is 9.77. The Morgan fingerprint density at radius 3 is 2.54 bits per heavy atom. The van der Waals surface area contributed by atoms with Crippen LogP contribution in [0.4, 0.5) is 0 Å². The van der Waals surface area contributed by atoms with Crippen LogP contribution in [0.5, 0.6) is 0 Å². The van der Waals surface area contributed by atoms with Crippen LogP contribution in [-0.2, 0) is 21.2 Å². The van der Waals surface area contributed by atoms with E-state index in [-0.39, 0.29) is 18.1 Å². The van der Waals surface area contributed by atoms with Gasteiger partial charge in [-0.3, -0.25) is 4.79 Å². The van der Waals surface area contributed by atoms with Crippen LogP contribution >= 0.6 is 0 Å².